The van der Waals surface area contributed by atoms with Crippen molar-refractivity contribution >= 4 is 24.8 Å². The molecule has 1 aliphatic heterocycles. The first kappa shape index (κ1) is 39.5. The molecule has 0 aromatic heterocycles. The molecule has 9 nitrogen and oxygen atoms in total. The minimum atomic E-state index is -1.08. The summed E-state index contributed by atoms with van der Waals surface area (Å²) < 4.78 is 13.4. The van der Waals surface area contributed by atoms with E-state index >= 15 is 0 Å². The lowest BCUT2D eigenvalue weighted by Gasteiger charge is -2.64. The van der Waals surface area contributed by atoms with E-state index in [-0.39, 0.29) is 42.3 Å². The molecule has 1 heterocycles. The molecule has 3 amide bonds. The number of rotatable bonds is 19. The second-order valence-electron chi connectivity index (χ2n) is 17.3. The van der Waals surface area contributed by atoms with Gasteiger partial charge in [0.15, 0.2) is 0 Å². The highest BCUT2D eigenvalue weighted by atomic mass is 16.7. The van der Waals surface area contributed by atoms with Crippen molar-refractivity contribution < 1.29 is 28.5 Å². The molecule has 0 radical (unpaired) electrons. The van der Waals surface area contributed by atoms with Gasteiger partial charge in [-0.25, -0.2) is 5.48 Å². The molecule has 4 aliphatic carbocycles. The van der Waals surface area contributed by atoms with Crippen molar-refractivity contribution in [2.75, 3.05) is 6.61 Å². The van der Waals surface area contributed by atoms with Gasteiger partial charge in [0.25, 0.3) is 0 Å². The quantitative estimate of drug-likeness (QED) is 0.0778. The maximum atomic E-state index is 14.1. The van der Waals surface area contributed by atoms with Gasteiger partial charge in [0.2, 0.25) is 17.7 Å². The average Bonchev–Trinajstić information content (AvgIpc) is 3.65. The zero-order valence-electron chi connectivity index (χ0n) is 32.9. The van der Waals surface area contributed by atoms with Crippen LogP contribution >= 0.6 is 0 Å². The number of hydroxylamine groups is 1. The van der Waals surface area contributed by atoms with Gasteiger partial charge in [0.1, 0.15) is 6.04 Å². The Morgan fingerprint density at radius 2 is 1.51 bits per heavy atom. The van der Waals surface area contributed by atoms with Gasteiger partial charge in [-0.1, -0.05) is 122 Å². The summed E-state index contributed by atoms with van der Waals surface area (Å²) in [6.07, 6.45) is 10.4. The van der Waals surface area contributed by atoms with Crippen LogP contribution in [0.5, 0.6) is 0 Å². The van der Waals surface area contributed by atoms with Crippen molar-refractivity contribution in [3.8, 4) is 11.1 Å². The topological polar surface area (TPSA) is 115 Å². The number of carbonyl (C=O) groups is 3. The summed E-state index contributed by atoms with van der Waals surface area (Å²) in [6, 6.07) is 15.4. The Kier molecular flexibility index (Phi) is 12.7. The molecule has 7 rings (SSSR count). The molecular formula is C43H62BN3O6. The number of benzene rings is 2. The predicted molar refractivity (Wildman–Crippen MR) is 208 cm³/mol. The van der Waals surface area contributed by atoms with E-state index in [0.717, 1.165) is 43.2 Å². The third kappa shape index (κ3) is 8.70. The molecule has 53 heavy (non-hydrogen) atoms. The summed E-state index contributed by atoms with van der Waals surface area (Å²) in [4.78, 5) is 46.6. The van der Waals surface area contributed by atoms with Crippen LogP contribution < -0.4 is 16.1 Å². The van der Waals surface area contributed by atoms with E-state index in [0.29, 0.717) is 24.7 Å². The van der Waals surface area contributed by atoms with Gasteiger partial charge >= 0.3 is 7.12 Å². The van der Waals surface area contributed by atoms with E-state index in [9.17, 15) is 14.4 Å². The Labute approximate surface area is 317 Å². The second-order valence-corrected chi connectivity index (χ2v) is 17.3. The minimum Gasteiger partial charge on any atom is -0.404 e. The molecular weight excluding hydrogens is 665 g/mol. The highest BCUT2D eigenvalue weighted by Gasteiger charge is 2.68. The number of unbranched alkanes of at least 4 members (excludes halogenated alkanes) is 6. The summed E-state index contributed by atoms with van der Waals surface area (Å²) in [5, 5.41) is 6.07. The highest BCUT2D eigenvalue weighted by molar-refractivity contribution is 6.48. The number of amides is 3. The summed E-state index contributed by atoms with van der Waals surface area (Å²) in [7, 11) is -0.607. The van der Waals surface area contributed by atoms with E-state index in [1.165, 1.54) is 36.8 Å². The van der Waals surface area contributed by atoms with Gasteiger partial charge in [-0.2, -0.15) is 0 Å². The summed E-state index contributed by atoms with van der Waals surface area (Å²) >= 11 is 0. The van der Waals surface area contributed by atoms with E-state index in [1.54, 1.807) is 0 Å². The third-order valence-corrected chi connectivity index (χ3v) is 12.8. The van der Waals surface area contributed by atoms with Crippen molar-refractivity contribution in [3.63, 3.8) is 0 Å². The zero-order chi connectivity index (χ0) is 37.8. The lowest BCUT2D eigenvalue weighted by Crippen LogP contribution is -2.65. The Morgan fingerprint density at radius 1 is 0.868 bits per heavy atom. The molecule has 10 heteroatoms. The van der Waals surface area contributed by atoms with E-state index < -0.39 is 36.5 Å². The average molecular weight is 728 g/mol. The Morgan fingerprint density at radius 3 is 2.15 bits per heavy atom. The molecule has 5 aliphatic rings. The van der Waals surface area contributed by atoms with Gasteiger partial charge in [-0.05, 0) is 78.0 Å². The fraction of sp³-hybridized carbons (Fsp3) is 0.651. The Bertz CT molecular complexity index is 1550. The first-order chi connectivity index (χ1) is 25.4. The standard InChI is InChI=1S/C43H62BN3O6/c1-7-8-9-10-11-12-13-22-39(48)45-35(26-40(49)47-51-27-34-32-20-16-14-18-30(32)31-19-15-17-21-33(31)34)41(50)46-38(23-28(2)3)44-52-37-25-29-24-36(42(29,4)5)43(37,6)53-44/h14-21,28-29,34-38H,7-13,22-27H2,1-6H3,(H,45,48)(H,46,50)(H,47,49)/t29-,35-,36-,37+,38-,43-/m0/s1. The van der Waals surface area contributed by atoms with Crippen molar-refractivity contribution in [2.24, 2.45) is 23.2 Å². The van der Waals surface area contributed by atoms with Gasteiger partial charge in [-0.15, -0.1) is 0 Å². The smallest absolute Gasteiger partial charge is 0.404 e. The van der Waals surface area contributed by atoms with E-state index in [1.807, 2.05) is 24.3 Å². The minimum absolute atomic E-state index is 0.0185. The van der Waals surface area contributed by atoms with Gasteiger partial charge in [0, 0.05) is 12.3 Å². The third-order valence-electron chi connectivity index (χ3n) is 12.8. The monoisotopic (exact) mass is 727 g/mol. The number of carbonyl (C=O) groups excluding carboxylic acids is 3. The van der Waals surface area contributed by atoms with Crippen LogP contribution in [0.3, 0.4) is 0 Å². The second kappa shape index (κ2) is 17.1. The molecule has 2 aromatic rings. The van der Waals surface area contributed by atoms with Crippen molar-refractivity contribution in [2.45, 2.75) is 148 Å². The number of fused-ring (bicyclic) bond motifs is 3. The van der Waals surface area contributed by atoms with E-state index in [4.69, 9.17) is 14.1 Å². The van der Waals surface area contributed by atoms with Crippen molar-refractivity contribution in [3.05, 3.63) is 59.7 Å². The van der Waals surface area contributed by atoms with Crippen LogP contribution in [-0.2, 0) is 28.5 Å². The van der Waals surface area contributed by atoms with Crippen LogP contribution in [0, 0.1) is 23.2 Å². The maximum Gasteiger partial charge on any atom is 0.481 e. The van der Waals surface area contributed by atoms with Crippen LogP contribution in [0.4, 0.5) is 0 Å². The Balaban J connectivity index is 1.09. The van der Waals surface area contributed by atoms with Crippen LogP contribution in [0.15, 0.2) is 48.5 Å². The summed E-state index contributed by atoms with van der Waals surface area (Å²) in [5.41, 5.74) is 7.02. The molecule has 0 spiro atoms. The molecule has 3 N–H and O–H groups in total. The molecule has 6 atom stereocenters. The molecule has 288 valence electrons. The number of hydrogen-bond donors (Lipinski definition) is 3. The van der Waals surface area contributed by atoms with Gasteiger partial charge in [-0.3, -0.25) is 19.2 Å². The summed E-state index contributed by atoms with van der Waals surface area (Å²) in [6.45, 7) is 13.5. The predicted octanol–water partition coefficient (Wildman–Crippen LogP) is 7.66. The molecule has 2 bridgehead atoms. The van der Waals surface area contributed by atoms with Gasteiger partial charge in [0.05, 0.1) is 30.7 Å². The number of nitrogens with one attached hydrogen (secondary N) is 3. The van der Waals surface area contributed by atoms with Crippen molar-refractivity contribution in [1.82, 2.24) is 16.1 Å². The first-order valence-corrected chi connectivity index (χ1v) is 20.4. The van der Waals surface area contributed by atoms with Crippen LogP contribution in [0.2, 0.25) is 0 Å². The highest BCUT2D eigenvalue weighted by Crippen LogP contribution is 2.65. The van der Waals surface area contributed by atoms with Crippen LogP contribution in [0.25, 0.3) is 11.1 Å². The fourth-order valence-electron chi connectivity index (χ4n) is 9.69. The largest absolute Gasteiger partial charge is 0.481 e. The number of hydrogen-bond acceptors (Lipinski definition) is 6. The molecule has 4 fully saturated rings. The maximum absolute atomic E-state index is 14.1. The van der Waals surface area contributed by atoms with E-state index in [2.05, 4.69) is 81.9 Å². The van der Waals surface area contributed by atoms with Crippen LogP contribution in [-0.4, -0.2) is 55.1 Å². The molecule has 1 saturated heterocycles. The van der Waals surface area contributed by atoms with Crippen molar-refractivity contribution in [1.29, 1.82) is 0 Å². The molecule has 2 aromatic carbocycles. The zero-order valence-corrected chi connectivity index (χ0v) is 32.9. The van der Waals surface area contributed by atoms with Gasteiger partial charge < -0.3 is 19.9 Å². The van der Waals surface area contributed by atoms with Crippen LogP contribution in [0.1, 0.15) is 136 Å². The first-order valence-electron chi connectivity index (χ1n) is 20.4. The lowest BCUT2D eigenvalue weighted by atomic mass is 9.43. The lowest BCUT2D eigenvalue weighted by molar-refractivity contribution is -0.199. The summed E-state index contributed by atoms with van der Waals surface area (Å²) in [5.74, 6) is -0.344. The SMILES string of the molecule is CCCCCCCCCC(=O)N[C@@H](CC(=O)NOCC1c2ccccc2-c2ccccc21)C(=O)N[C@@H](CC(C)C)B1O[C@@H]2C[C@@H]3C[C@@H](C3(C)C)[C@]2(C)O1. The molecule has 0 unspecified atom stereocenters. The normalized spacial score (nSPS) is 24.8. The molecule has 3 saturated carbocycles. The fourth-order valence-corrected chi connectivity index (χ4v) is 9.69. The Hall–Kier alpha value is -3.21.